The molecule has 1 atom stereocenters. The molecule has 1 aliphatic heterocycles. The van der Waals surface area contributed by atoms with Crippen LogP contribution in [0.2, 0.25) is 0 Å². The van der Waals surface area contributed by atoms with E-state index in [0.717, 1.165) is 39.4 Å². The Kier molecular flexibility index (Phi) is 6.29. The van der Waals surface area contributed by atoms with Crippen molar-refractivity contribution < 1.29 is 4.74 Å². The highest BCUT2D eigenvalue weighted by Gasteiger charge is 2.13. The lowest BCUT2D eigenvalue weighted by molar-refractivity contribution is 0.0323. The van der Waals surface area contributed by atoms with Gasteiger partial charge in [0, 0.05) is 32.2 Å². The van der Waals surface area contributed by atoms with Crippen molar-refractivity contribution >= 4 is 5.96 Å². The average Bonchev–Trinajstić information content (AvgIpc) is 2.27. The van der Waals surface area contributed by atoms with E-state index in [0.29, 0.717) is 17.9 Å². The quantitative estimate of drug-likeness (QED) is 0.536. The minimum absolute atomic E-state index is 0.341. The molecule has 0 aromatic rings. The molecule has 1 rings (SSSR count). The molecule has 0 aromatic carbocycles. The summed E-state index contributed by atoms with van der Waals surface area (Å²) in [6.45, 7) is 12.0. The van der Waals surface area contributed by atoms with Gasteiger partial charge < -0.3 is 15.8 Å². The van der Waals surface area contributed by atoms with Crippen LogP contribution in [0.5, 0.6) is 0 Å². The first-order valence-corrected chi connectivity index (χ1v) is 6.44. The molecule has 17 heavy (non-hydrogen) atoms. The molecule has 0 aromatic heterocycles. The zero-order chi connectivity index (χ0) is 12.7. The van der Waals surface area contributed by atoms with Crippen molar-refractivity contribution in [1.29, 1.82) is 0 Å². The molecule has 1 unspecified atom stereocenters. The smallest absolute Gasteiger partial charge is 0.188 e. The summed E-state index contributed by atoms with van der Waals surface area (Å²) in [5, 5.41) is 3.10. The molecule has 0 bridgehead atoms. The van der Waals surface area contributed by atoms with Crippen LogP contribution in [0, 0.1) is 5.92 Å². The fourth-order valence-electron chi connectivity index (χ4n) is 1.88. The van der Waals surface area contributed by atoms with E-state index in [2.05, 4.69) is 36.0 Å². The van der Waals surface area contributed by atoms with Crippen LogP contribution in [0.25, 0.3) is 0 Å². The Bertz CT molecular complexity index is 237. The monoisotopic (exact) mass is 242 g/mol. The Morgan fingerprint density at radius 2 is 2.00 bits per heavy atom. The molecule has 1 saturated heterocycles. The number of nitrogens with two attached hydrogens (primary N) is 1. The minimum atomic E-state index is 0.341. The second kappa shape index (κ2) is 7.50. The Morgan fingerprint density at radius 1 is 1.35 bits per heavy atom. The van der Waals surface area contributed by atoms with Gasteiger partial charge in [-0.3, -0.25) is 9.89 Å². The van der Waals surface area contributed by atoms with E-state index in [4.69, 9.17) is 10.5 Å². The Morgan fingerprint density at radius 3 is 2.59 bits per heavy atom. The number of rotatable bonds is 5. The average molecular weight is 242 g/mol. The maximum Gasteiger partial charge on any atom is 0.188 e. The van der Waals surface area contributed by atoms with Crippen molar-refractivity contribution in [1.82, 2.24) is 10.2 Å². The van der Waals surface area contributed by atoms with Crippen LogP contribution in [-0.2, 0) is 4.74 Å². The first-order valence-electron chi connectivity index (χ1n) is 6.44. The van der Waals surface area contributed by atoms with Gasteiger partial charge in [0.15, 0.2) is 5.96 Å². The number of hydrogen-bond acceptors (Lipinski definition) is 3. The SMILES string of the molecule is CC(CN=C(N)NC(C)C)CN1CCOCC1. The van der Waals surface area contributed by atoms with Crippen molar-refractivity contribution in [2.45, 2.75) is 26.8 Å². The molecular formula is C12H26N4O. The fourth-order valence-corrected chi connectivity index (χ4v) is 1.88. The van der Waals surface area contributed by atoms with Crippen molar-refractivity contribution in [3.8, 4) is 0 Å². The Balaban J connectivity index is 2.21. The lowest BCUT2D eigenvalue weighted by Gasteiger charge is -2.28. The molecule has 3 N–H and O–H groups in total. The van der Waals surface area contributed by atoms with Crippen molar-refractivity contribution in [2.24, 2.45) is 16.6 Å². The third-order valence-corrected chi connectivity index (χ3v) is 2.68. The van der Waals surface area contributed by atoms with E-state index in [1.807, 2.05) is 0 Å². The van der Waals surface area contributed by atoms with Crippen molar-refractivity contribution in [2.75, 3.05) is 39.4 Å². The first-order chi connectivity index (χ1) is 8.08. The number of nitrogens with zero attached hydrogens (tertiary/aromatic N) is 2. The molecule has 5 heteroatoms. The Labute approximate surface area is 104 Å². The molecular weight excluding hydrogens is 216 g/mol. The number of nitrogens with one attached hydrogen (secondary N) is 1. The second-order valence-electron chi connectivity index (χ2n) is 5.04. The third-order valence-electron chi connectivity index (χ3n) is 2.68. The van der Waals surface area contributed by atoms with Gasteiger partial charge in [0.2, 0.25) is 0 Å². The number of hydrogen-bond donors (Lipinski definition) is 2. The maximum absolute atomic E-state index is 5.76. The summed E-state index contributed by atoms with van der Waals surface area (Å²) in [4.78, 5) is 6.78. The number of ether oxygens (including phenoxy) is 1. The third kappa shape index (κ3) is 6.48. The van der Waals surface area contributed by atoms with Gasteiger partial charge in [-0.2, -0.15) is 0 Å². The van der Waals surface area contributed by atoms with E-state index in [1.165, 1.54) is 0 Å². The number of guanidine groups is 1. The molecule has 0 amide bonds. The number of morpholine rings is 1. The summed E-state index contributed by atoms with van der Waals surface area (Å²) in [7, 11) is 0. The molecule has 0 radical (unpaired) electrons. The van der Waals surface area contributed by atoms with Crippen LogP contribution < -0.4 is 11.1 Å². The van der Waals surface area contributed by atoms with Crippen molar-refractivity contribution in [3.63, 3.8) is 0 Å². The summed E-state index contributed by atoms with van der Waals surface area (Å²) in [6.07, 6.45) is 0. The van der Waals surface area contributed by atoms with Gasteiger partial charge in [0.1, 0.15) is 0 Å². The lowest BCUT2D eigenvalue weighted by atomic mass is 10.1. The van der Waals surface area contributed by atoms with Crippen LogP contribution in [0.15, 0.2) is 4.99 Å². The Hall–Kier alpha value is -0.810. The minimum Gasteiger partial charge on any atom is -0.379 e. The summed E-state index contributed by atoms with van der Waals surface area (Å²) in [5.41, 5.74) is 5.76. The summed E-state index contributed by atoms with van der Waals surface area (Å²) >= 11 is 0. The van der Waals surface area contributed by atoms with Crippen LogP contribution in [0.1, 0.15) is 20.8 Å². The molecule has 100 valence electrons. The highest BCUT2D eigenvalue weighted by molar-refractivity contribution is 5.78. The topological polar surface area (TPSA) is 62.9 Å². The molecule has 1 heterocycles. The molecule has 1 fully saturated rings. The van der Waals surface area contributed by atoms with Crippen molar-refractivity contribution in [3.05, 3.63) is 0 Å². The van der Waals surface area contributed by atoms with E-state index in [1.54, 1.807) is 0 Å². The first kappa shape index (κ1) is 14.3. The lowest BCUT2D eigenvalue weighted by Crippen LogP contribution is -2.40. The molecule has 5 nitrogen and oxygen atoms in total. The zero-order valence-corrected chi connectivity index (χ0v) is 11.3. The van der Waals surface area contributed by atoms with Crippen LogP contribution in [0.4, 0.5) is 0 Å². The standard InChI is InChI=1S/C12H26N4O/c1-10(2)15-12(13)14-8-11(3)9-16-4-6-17-7-5-16/h10-11H,4-9H2,1-3H3,(H3,13,14,15). The van der Waals surface area contributed by atoms with E-state index in [-0.39, 0.29) is 0 Å². The van der Waals surface area contributed by atoms with Gasteiger partial charge in [-0.05, 0) is 19.8 Å². The number of aliphatic imine (C=N–C) groups is 1. The van der Waals surface area contributed by atoms with Gasteiger partial charge in [0.25, 0.3) is 0 Å². The fraction of sp³-hybridized carbons (Fsp3) is 0.917. The van der Waals surface area contributed by atoms with Gasteiger partial charge in [-0.1, -0.05) is 6.92 Å². The summed E-state index contributed by atoms with van der Waals surface area (Å²) in [5.74, 6) is 1.08. The highest BCUT2D eigenvalue weighted by atomic mass is 16.5. The predicted molar refractivity (Wildman–Crippen MR) is 71.2 cm³/mol. The summed E-state index contributed by atoms with van der Waals surface area (Å²) in [6, 6.07) is 0.341. The highest BCUT2D eigenvalue weighted by Crippen LogP contribution is 2.03. The van der Waals surface area contributed by atoms with Crippen LogP contribution in [-0.4, -0.2) is 56.3 Å². The van der Waals surface area contributed by atoms with Gasteiger partial charge in [-0.15, -0.1) is 0 Å². The van der Waals surface area contributed by atoms with Gasteiger partial charge in [-0.25, -0.2) is 0 Å². The molecule has 0 saturated carbocycles. The van der Waals surface area contributed by atoms with Crippen LogP contribution in [0.3, 0.4) is 0 Å². The van der Waals surface area contributed by atoms with E-state index >= 15 is 0 Å². The largest absolute Gasteiger partial charge is 0.379 e. The van der Waals surface area contributed by atoms with Crippen LogP contribution >= 0.6 is 0 Å². The van der Waals surface area contributed by atoms with E-state index in [9.17, 15) is 0 Å². The summed E-state index contributed by atoms with van der Waals surface area (Å²) < 4.78 is 5.32. The molecule has 0 spiro atoms. The second-order valence-corrected chi connectivity index (χ2v) is 5.04. The molecule has 1 aliphatic rings. The van der Waals surface area contributed by atoms with Gasteiger partial charge >= 0.3 is 0 Å². The predicted octanol–water partition coefficient (Wildman–Crippen LogP) is 0.267. The zero-order valence-electron chi connectivity index (χ0n) is 11.3. The maximum atomic E-state index is 5.76. The van der Waals surface area contributed by atoms with E-state index < -0.39 is 0 Å². The van der Waals surface area contributed by atoms with Gasteiger partial charge in [0.05, 0.1) is 13.2 Å². The molecule has 0 aliphatic carbocycles. The normalized spacial score (nSPS) is 20.6.